The molecule has 0 aliphatic carbocycles. The van der Waals surface area contributed by atoms with E-state index in [4.69, 9.17) is 0 Å². The van der Waals surface area contributed by atoms with E-state index in [-0.39, 0.29) is 11.8 Å². The van der Waals surface area contributed by atoms with Gasteiger partial charge in [0.15, 0.2) is 0 Å². The van der Waals surface area contributed by atoms with Gasteiger partial charge < -0.3 is 10.4 Å². The van der Waals surface area contributed by atoms with E-state index in [0.29, 0.717) is 5.52 Å². The summed E-state index contributed by atoms with van der Waals surface area (Å²) in [5.41, 5.74) is 2.46. The van der Waals surface area contributed by atoms with Crippen molar-refractivity contribution in [2.24, 2.45) is 0 Å². The third-order valence-corrected chi connectivity index (χ3v) is 4.56. The minimum Gasteiger partial charge on any atom is -0.505 e. The molecular weight excluding hydrogens is 300 g/mol. The first-order chi connectivity index (χ1) is 11.8. The molecule has 3 heterocycles. The Morgan fingerprint density at radius 3 is 2.58 bits per heavy atom. The van der Waals surface area contributed by atoms with Crippen molar-refractivity contribution in [3.05, 3.63) is 66.1 Å². The summed E-state index contributed by atoms with van der Waals surface area (Å²) in [4.78, 5) is 11.3. The highest BCUT2D eigenvalue weighted by atomic mass is 16.3. The Morgan fingerprint density at radius 1 is 0.958 bits per heavy atom. The molecule has 3 aromatic rings. The minimum absolute atomic E-state index is 0.0697. The topological polar surface area (TPSA) is 61.3 Å². The van der Waals surface area contributed by atoms with Crippen molar-refractivity contribution in [2.75, 3.05) is 26.2 Å². The molecule has 1 saturated heterocycles. The Labute approximate surface area is 141 Å². The van der Waals surface area contributed by atoms with Gasteiger partial charge in [0.1, 0.15) is 11.3 Å². The largest absolute Gasteiger partial charge is 0.505 e. The lowest BCUT2D eigenvalue weighted by molar-refractivity contribution is 0.193. The minimum atomic E-state index is -0.0697. The van der Waals surface area contributed by atoms with Crippen LogP contribution in [0.4, 0.5) is 0 Å². The number of pyridine rings is 2. The molecule has 122 valence electrons. The van der Waals surface area contributed by atoms with E-state index in [9.17, 15) is 5.11 Å². The summed E-state index contributed by atoms with van der Waals surface area (Å²) in [7, 11) is 0. The predicted octanol–water partition coefficient (Wildman–Crippen LogP) is 2.33. The summed E-state index contributed by atoms with van der Waals surface area (Å²) < 4.78 is 0. The first-order valence-corrected chi connectivity index (χ1v) is 8.27. The van der Waals surface area contributed by atoms with Gasteiger partial charge in [0.2, 0.25) is 0 Å². The lowest BCUT2D eigenvalue weighted by atomic mass is 9.97. The van der Waals surface area contributed by atoms with Crippen LogP contribution in [0.3, 0.4) is 0 Å². The van der Waals surface area contributed by atoms with E-state index >= 15 is 0 Å². The quantitative estimate of drug-likeness (QED) is 0.775. The SMILES string of the molecule is Oc1c(C(c2ccccn2)N2CCNCC2)ccc2cccnc12. The van der Waals surface area contributed by atoms with Crippen molar-refractivity contribution in [2.45, 2.75) is 6.04 Å². The van der Waals surface area contributed by atoms with Gasteiger partial charge in [-0.15, -0.1) is 0 Å². The summed E-state index contributed by atoms with van der Waals surface area (Å²) in [6, 6.07) is 13.7. The normalized spacial score (nSPS) is 17.0. The van der Waals surface area contributed by atoms with Crippen molar-refractivity contribution in [3.8, 4) is 5.75 Å². The molecule has 1 aromatic carbocycles. The van der Waals surface area contributed by atoms with Crippen molar-refractivity contribution >= 4 is 10.9 Å². The van der Waals surface area contributed by atoms with Crippen LogP contribution in [0.1, 0.15) is 17.3 Å². The number of aromatic hydroxyl groups is 1. The molecule has 1 unspecified atom stereocenters. The molecule has 4 rings (SSSR count). The van der Waals surface area contributed by atoms with Crippen LogP contribution >= 0.6 is 0 Å². The fourth-order valence-corrected chi connectivity index (χ4v) is 3.39. The van der Waals surface area contributed by atoms with Crippen molar-refractivity contribution in [1.82, 2.24) is 20.2 Å². The molecule has 0 radical (unpaired) electrons. The molecule has 0 saturated carbocycles. The van der Waals surface area contributed by atoms with Crippen LogP contribution in [0.25, 0.3) is 10.9 Å². The molecule has 2 N–H and O–H groups in total. The summed E-state index contributed by atoms with van der Waals surface area (Å²) in [5.74, 6) is 0.252. The standard InChI is InChI=1S/C19H20N4O/c24-19-15(7-6-14-4-3-9-22-17(14)19)18(16-5-1-2-8-21-16)23-12-10-20-11-13-23/h1-9,18,20,24H,10-13H2. The molecule has 24 heavy (non-hydrogen) atoms. The highest BCUT2D eigenvalue weighted by Gasteiger charge is 2.27. The summed E-state index contributed by atoms with van der Waals surface area (Å²) in [6.45, 7) is 3.72. The highest BCUT2D eigenvalue weighted by Crippen LogP contribution is 2.37. The second-order valence-electron chi connectivity index (χ2n) is 6.02. The zero-order valence-electron chi connectivity index (χ0n) is 13.4. The van der Waals surface area contributed by atoms with Gasteiger partial charge in [0.25, 0.3) is 0 Å². The number of piperazine rings is 1. The van der Waals surface area contributed by atoms with Gasteiger partial charge in [-0.1, -0.05) is 24.3 Å². The van der Waals surface area contributed by atoms with Gasteiger partial charge >= 0.3 is 0 Å². The number of aromatic nitrogens is 2. The predicted molar refractivity (Wildman–Crippen MR) is 93.9 cm³/mol. The molecule has 1 aliphatic heterocycles. The lowest BCUT2D eigenvalue weighted by Crippen LogP contribution is -2.45. The Bertz CT molecular complexity index is 831. The number of fused-ring (bicyclic) bond motifs is 1. The van der Waals surface area contributed by atoms with Crippen LogP contribution in [0.15, 0.2) is 54.9 Å². The molecule has 0 spiro atoms. The second kappa shape index (κ2) is 6.55. The maximum Gasteiger partial charge on any atom is 0.146 e. The Hall–Kier alpha value is -2.50. The Morgan fingerprint density at radius 2 is 1.79 bits per heavy atom. The molecule has 0 bridgehead atoms. The molecule has 5 nitrogen and oxygen atoms in total. The molecule has 1 aliphatic rings. The molecule has 0 amide bonds. The maximum absolute atomic E-state index is 10.9. The van der Waals surface area contributed by atoms with Crippen LogP contribution < -0.4 is 5.32 Å². The zero-order valence-corrected chi connectivity index (χ0v) is 13.4. The van der Waals surface area contributed by atoms with Gasteiger partial charge in [-0.05, 0) is 18.2 Å². The summed E-state index contributed by atoms with van der Waals surface area (Å²) in [5, 5.41) is 15.2. The summed E-state index contributed by atoms with van der Waals surface area (Å²) in [6.07, 6.45) is 3.52. The number of rotatable bonds is 3. The highest BCUT2D eigenvalue weighted by molar-refractivity contribution is 5.85. The van der Waals surface area contributed by atoms with Crippen LogP contribution in [0.5, 0.6) is 5.75 Å². The van der Waals surface area contributed by atoms with Crippen molar-refractivity contribution < 1.29 is 5.11 Å². The van der Waals surface area contributed by atoms with Crippen molar-refractivity contribution in [3.63, 3.8) is 0 Å². The van der Waals surface area contributed by atoms with E-state index in [1.54, 1.807) is 12.4 Å². The smallest absolute Gasteiger partial charge is 0.146 e. The van der Waals surface area contributed by atoms with Crippen LogP contribution in [0, 0.1) is 0 Å². The fraction of sp³-hybridized carbons (Fsp3) is 0.263. The average molecular weight is 320 g/mol. The number of phenols is 1. The molecular formula is C19H20N4O. The first-order valence-electron chi connectivity index (χ1n) is 8.27. The molecule has 2 aromatic heterocycles. The Balaban J connectivity index is 1.85. The fourth-order valence-electron chi connectivity index (χ4n) is 3.39. The Kier molecular flexibility index (Phi) is 4.11. The average Bonchev–Trinajstić information content (AvgIpc) is 2.66. The van der Waals surface area contributed by atoms with Crippen LogP contribution in [0.2, 0.25) is 0 Å². The van der Waals surface area contributed by atoms with Gasteiger partial charge in [-0.3, -0.25) is 14.9 Å². The van der Waals surface area contributed by atoms with E-state index in [1.165, 1.54) is 0 Å². The van der Waals surface area contributed by atoms with Crippen LogP contribution in [-0.4, -0.2) is 46.2 Å². The van der Waals surface area contributed by atoms with E-state index in [1.807, 2.05) is 42.5 Å². The number of benzene rings is 1. The van der Waals surface area contributed by atoms with Gasteiger partial charge in [-0.25, -0.2) is 0 Å². The van der Waals surface area contributed by atoms with E-state index in [0.717, 1.165) is 42.8 Å². The molecule has 1 fully saturated rings. The molecule has 1 atom stereocenters. The second-order valence-corrected chi connectivity index (χ2v) is 6.02. The van der Waals surface area contributed by atoms with E-state index < -0.39 is 0 Å². The van der Waals surface area contributed by atoms with Crippen molar-refractivity contribution in [1.29, 1.82) is 0 Å². The third-order valence-electron chi connectivity index (χ3n) is 4.56. The number of nitrogens with one attached hydrogen (secondary N) is 1. The van der Waals surface area contributed by atoms with Gasteiger partial charge in [-0.2, -0.15) is 0 Å². The molecule has 5 heteroatoms. The number of hydrogen-bond donors (Lipinski definition) is 2. The van der Waals surface area contributed by atoms with Gasteiger partial charge in [0.05, 0.1) is 11.7 Å². The third kappa shape index (κ3) is 2.72. The van der Waals surface area contributed by atoms with Gasteiger partial charge in [0, 0.05) is 49.5 Å². The van der Waals surface area contributed by atoms with E-state index in [2.05, 4.69) is 20.2 Å². The summed E-state index contributed by atoms with van der Waals surface area (Å²) >= 11 is 0. The maximum atomic E-state index is 10.9. The number of nitrogens with zero attached hydrogens (tertiary/aromatic N) is 3. The first kappa shape index (κ1) is 15.1. The van der Waals surface area contributed by atoms with Crippen LogP contribution in [-0.2, 0) is 0 Å². The zero-order chi connectivity index (χ0) is 16.4. The lowest BCUT2D eigenvalue weighted by Gasteiger charge is -2.35. The number of hydrogen-bond acceptors (Lipinski definition) is 5. The monoisotopic (exact) mass is 320 g/mol. The number of phenolic OH excluding ortho intramolecular Hbond substituents is 1.